The standard InChI is InChI=1S/C46H68O5Si2/c1-35-27-31-41(46(8,9)36-21-15-12-16-22-36)42(33-35)50-43(48)32-30-38(29-28-37(47)34-49-52(10,11)44(2,3)4)51-53(45(5,6)7,39-23-17-13-18-24-39)40-25-19-14-20-26-40/h12-26,30,32,35,37-38,41-42,47H,27-29,31,33-34H2,1-11H3/b32-30-/t35-,37-,38+,41-,42-/m1/s1. The first-order valence-corrected chi connectivity index (χ1v) is 24.6. The Morgan fingerprint density at radius 1 is 0.792 bits per heavy atom. The number of esters is 1. The highest BCUT2D eigenvalue weighted by Gasteiger charge is 2.51. The molecule has 0 heterocycles. The molecule has 5 nitrogen and oxygen atoms in total. The lowest BCUT2D eigenvalue weighted by atomic mass is 9.64. The highest BCUT2D eigenvalue weighted by Crippen LogP contribution is 2.44. The molecule has 7 heteroatoms. The predicted octanol–water partition coefficient (Wildman–Crippen LogP) is 9.98. The summed E-state index contributed by atoms with van der Waals surface area (Å²) in [6, 6.07) is 31.7. The van der Waals surface area contributed by atoms with Gasteiger partial charge in [-0.15, -0.1) is 0 Å². The van der Waals surface area contributed by atoms with Crippen molar-refractivity contribution in [1.82, 2.24) is 0 Å². The first-order chi connectivity index (χ1) is 24.8. The summed E-state index contributed by atoms with van der Waals surface area (Å²) >= 11 is 0. The summed E-state index contributed by atoms with van der Waals surface area (Å²) in [6.45, 7) is 24.9. The fraction of sp³-hybridized carbons (Fsp3) is 0.543. The SMILES string of the molecule is C[C@@H]1CC[C@@H](C(C)(C)c2ccccc2)[C@H](OC(=O)/C=C\[C@H](CC[C@@H](O)CO[Si](C)(C)C(C)(C)C)O[Si](c2ccccc2)(c2ccccc2)C(C)(C)C)C1. The van der Waals surface area contributed by atoms with E-state index < -0.39 is 28.8 Å². The second-order valence-electron chi connectivity index (χ2n) is 18.6. The van der Waals surface area contributed by atoms with Crippen molar-refractivity contribution in [2.24, 2.45) is 11.8 Å². The first-order valence-electron chi connectivity index (χ1n) is 19.8. The number of benzene rings is 3. The van der Waals surface area contributed by atoms with E-state index >= 15 is 0 Å². The van der Waals surface area contributed by atoms with Crippen LogP contribution in [0.15, 0.2) is 103 Å². The summed E-state index contributed by atoms with van der Waals surface area (Å²) in [6.07, 6.45) is 6.20. The third-order valence-electron chi connectivity index (χ3n) is 12.2. The van der Waals surface area contributed by atoms with E-state index in [1.165, 1.54) is 15.9 Å². The Hall–Kier alpha value is -2.82. The molecule has 1 saturated carbocycles. The lowest BCUT2D eigenvalue weighted by Crippen LogP contribution is -2.67. The van der Waals surface area contributed by atoms with Gasteiger partial charge in [0.05, 0.1) is 18.8 Å². The topological polar surface area (TPSA) is 65.0 Å². The maximum Gasteiger partial charge on any atom is 0.330 e. The normalized spacial score (nSPS) is 20.3. The van der Waals surface area contributed by atoms with Crippen LogP contribution in [0.4, 0.5) is 0 Å². The highest BCUT2D eigenvalue weighted by atomic mass is 28.4. The maximum absolute atomic E-state index is 13.9. The van der Waals surface area contributed by atoms with Gasteiger partial charge in [-0.25, -0.2) is 4.79 Å². The number of carbonyl (C=O) groups is 1. The molecule has 1 N–H and O–H groups in total. The smallest absolute Gasteiger partial charge is 0.330 e. The molecule has 0 aromatic heterocycles. The molecule has 0 radical (unpaired) electrons. The van der Waals surface area contributed by atoms with Crippen LogP contribution in [-0.4, -0.2) is 52.6 Å². The van der Waals surface area contributed by atoms with Gasteiger partial charge in [0.25, 0.3) is 8.32 Å². The molecule has 5 atom stereocenters. The molecular weight excluding hydrogens is 689 g/mol. The summed E-state index contributed by atoms with van der Waals surface area (Å²) in [7, 11) is -5.00. The van der Waals surface area contributed by atoms with Gasteiger partial charge in [0.15, 0.2) is 8.32 Å². The van der Waals surface area contributed by atoms with Gasteiger partial charge in [-0.2, -0.15) is 0 Å². The van der Waals surface area contributed by atoms with Crippen molar-refractivity contribution in [1.29, 1.82) is 0 Å². The second kappa shape index (κ2) is 17.8. The van der Waals surface area contributed by atoms with Crippen LogP contribution in [0, 0.1) is 11.8 Å². The Morgan fingerprint density at radius 2 is 1.32 bits per heavy atom. The zero-order valence-corrected chi connectivity index (χ0v) is 36.5. The van der Waals surface area contributed by atoms with Crippen molar-refractivity contribution in [3.63, 3.8) is 0 Å². The number of ether oxygens (including phenoxy) is 1. The quantitative estimate of drug-likeness (QED) is 0.0951. The Kier molecular flexibility index (Phi) is 14.4. The van der Waals surface area contributed by atoms with E-state index in [9.17, 15) is 9.90 Å². The van der Waals surface area contributed by atoms with Gasteiger partial charge >= 0.3 is 5.97 Å². The van der Waals surface area contributed by atoms with Crippen LogP contribution in [-0.2, 0) is 23.8 Å². The predicted molar refractivity (Wildman–Crippen MR) is 226 cm³/mol. The number of hydrogen-bond donors (Lipinski definition) is 1. The summed E-state index contributed by atoms with van der Waals surface area (Å²) in [5.41, 5.74) is 1.12. The molecule has 0 saturated heterocycles. The number of carbonyl (C=O) groups excluding carboxylic acids is 1. The molecule has 1 aliphatic carbocycles. The summed E-state index contributed by atoms with van der Waals surface area (Å²) in [5, 5.41) is 13.4. The van der Waals surface area contributed by atoms with Crippen molar-refractivity contribution in [3.05, 3.63) is 109 Å². The number of aliphatic hydroxyl groups excluding tert-OH is 1. The van der Waals surface area contributed by atoms with E-state index in [2.05, 4.69) is 154 Å². The molecule has 3 aromatic rings. The van der Waals surface area contributed by atoms with Crippen molar-refractivity contribution in [2.45, 2.75) is 141 Å². The van der Waals surface area contributed by atoms with Crippen LogP contribution in [0.3, 0.4) is 0 Å². The molecule has 3 aromatic carbocycles. The molecule has 53 heavy (non-hydrogen) atoms. The Bertz CT molecular complexity index is 1550. The number of rotatable bonds is 15. The third-order valence-corrected chi connectivity index (χ3v) is 21.7. The minimum Gasteiger partial charge on any atom is -0.459 e. The van der Waals surface area contributed by atoms with Crippen LogP contribution in [0.5, 0.6) is 0 Å². The van der Waals surface area contributed by atoms with E-state index in [4.69, 9.17) is 13.6 Å². The van der Waals surface area contributed by atoms with Gasteiger partial charge in [0, 0.05) is 12.0 Å². The molecule has 0 spiro atoms. The van der Waals surface area contributed by atoms with Crippen molar-refractivity contribution in [3.8, 4) is 0 Å². The second-order valence-corrected chi connectivity index (χ2v) is 27.6. The van der Waals surface area contributed by atoms with E-state index in [1.54, 1.807) is 6.08 Å². The van der Waals surface area contributed by atoms with Gasteiger partial charge in [-0.05, 0) is 82.2 Å². The average molecular weight is 757 g/mol. The Balaban J connectivity index is 1.65. The van der Waals surface area contributed by atoms with Crippen molar-refractivity contribution < 1.29 is 23.5 Å². The fourth-order valence-corrected chi connectivity index (χ4v) is 13.5. The molecule has 0 unspecified atom stereocenters. The van der Waals surface area contributed by atoms with Gasteiger partial charge < -0.3 is 18.7 Å². The zero-order chi connectivity index (χ0) is 39.1. The van der Waals surface area contributed by atoms with E-state index in [-0.39, 0.29) is 40.1 Å². The molecule has 0 amide bonds. The zero-order valence-electron chi connectivity index (χ0n) is 34.5. The van der Waals surface area contributed by atoms with E-state index in [0.717, 1.165) is 19.3 Å². The summed E-state index contributed by atoms with van der Waals surface area (Å²) in [5.74, 6) is 0.357. The van der Waals surface area contributed by atoms with E-state index in [0.29, 0.717) is 18.8 Å². The van der Waals surface area contributed by atoms with Gasteiger partial charge in [0.1, 0.15) is 6.10 Å². The molecule has 1 fully saturated rings. The molecule has 0 bridgehead atoms. The molecule has 1 aliphatic rings. The van der Waals surface area contributed by atoms with Crippen LogP contribution < -0.4 is 10.4 Å². The van der Waals surface area contributed by atoms with Gasteiger partial charge in [0.2, 0.25) is 0 Å². The van der Waals surface area contributed by atoms with Gasteiger partial charge in [-0.3, -0.25) is 0 Å². The lowest BCUT2D eigenvalue weighted by molar-refractivity contribution is -0.150. The largest absolute Gasteiger partial charge is 0.459 e. The maximum atomic E-state index is 13.9. The van der Waals surface area contributed by atoms with Crippen LogP contribution >= 0.6 is 0 Å². The van der Waals surface area contributed by atoms with Crippen molar-refractivity contribution >= 4 is 33.0 Å². The van der Waals surface area contributed by atoms with Crippen LogP contribution in [0.1, 0.15) is 100.0 Å². The monoisotopic (exact) mass is 756 g/mol. The van der Waals surface area contributed by atoms with Crippen LogP contribution in [0.2, 0.25) is 23.2 Å². The Morgan fingerprint density at radius 3 is 1.83 bits per heavy atom. The number of aliphatic hydroxyl groups is 1. The van der Waals surface area contributed by atoms with Gasteiger partial charge in [-0.1, -0.05) is 160 Å². The van der Waals surface area contributed by atoms with Crippen molar-refractivity contribution in [2.75, 3.05) is 6.61 Å². The first kappa shape index (κ1) is 42.9. The molecule has 290 valence electrons. The molecule has 4 rings (SSSR count). The van der Waals surface area contributed by atoms with E-state index in [1.807, 2.05) is 18.2 Å². The Labute approximate surface area is 323 Å². The average Bonchev–Trinajstić information content (AvgIpc) is 3.10. The molecular formula is C46H68O5Si2. The molecule has 0 aliphatic heterocycles. The summed E-state index contributed by atoms with van der Waals surface area (Å²) < 4.78 is 20.3. The highest BCUT2D eigenvalue weighted by molar-refractivity contribution is 6.99. The minimum atomic E-state index is -2.96. The summed E-state index contributed by atoms with van der Waals surface area (Å²) in [4.78, 5) is 13.9. The fourth-order valence-electron chi connectivity index (χ4n) is 7.81. The minimum absolute atomic E-state index is 0.0518. The third kappa shape index (κ3) is 10.7. The number of hydrogen-bond acceptors (Lipinski definition) is 5. The lowest BCUT2D eigenvalue weighted by Gasteiger charge is -2.45. The van der Waals surface area contributed by atoms with Crippen LogP contribution in [0.25, 0.3) is 0 Å².